The van der Waals surface area contributed by atoms with E-state index in [0.29, 0.717) is 32.1 Å². The van der Waals surface area contributed by atoms with E-state index in [2.05, 4.69) is 17.2 Å². The molecular weight excluding hydrogens is 667 g/mol. The van der Waals surface area contributed by atoms with Crippen LogP contribution in [-0.2, 0) is 42.2 Å². The average Bonchev–Trinajstić information content (AvgIpc) is 3.93. The second kappa shape index (κ2) is 13.4. The van der Waals surface area contributed by atoms with Crippen LogP contribution in [0.4, 0.5) is 18.0 Å². The highest BCUT2D eigenvalue weighted by Gasteiger charge is 2.62. The van der Waals surface area contributed by atoms with E-state index in [1.165, 1.54) is 11.0 Å². The summed E-state index contributed by atoms with van der Waals surface area (Å²) in [6, 6.07) is 1.57. The smallest absolute Gasteiger partial charge is 0.412 e. The molecule has 16 heteroatoms. The predicted octanol–water partition coefficient (Wildman–Crippen LogP) is 2.89. The number of alkyl halides is 3. The number of carbonyl (C=O) groups is 4. The maximum Gasteiger partial charge on any atom is 0.412 e. The highest BCUT2D eigenvalue weighted by molar-refractivity contribution is 7.91. The summed E-state index contributed by atoms with van der Waals surface area (Å²) in [5.74, 6) is -4.03. The summed E-state index contributed by atoms with van der Waals surface area (Å²) in [5.41, 5.74) is 1.13. The number of ether oxygens (including phenoxy) is 1. The molecule has 5 aliphatic rings. The Morgan fingerprint density at radius 1 is 1.12 bits per heavy atom. The van der Waals surface area contributed by atoms with Gasteiger partial charge in [-0.15, -0.1) is 6.58 Å². The lowest BCUT2D eigenvalue weighted by atomic mass is 10.0. The van der Waals surface area contributed by atoms with E-state index in [-0.39, 0.29) is 32.5 Å². The monoisotopic (exact) mass is 707 g/mol. The standard InChI is InChI=1S/C33H40F3N5O7S/c1-2-22-16-32(22,30(44)39-49(46,47)24-12-13-24)38-28(42)26-15-23-18-41(26)29(43)27(33(34,35)36)37-14-7-5-3-4-6-9-20-10-8-11-21-17-40(19-25(20)21)31(45)48-23/h2,6,8-11,22-24,26-27,37H,1,3-5,7,12-19H2,(H,38,42)(H,39,44)/b9-6+/t22-,23-,26+,27?,32-/m1/s1. The minimum absolute atomic E-state index is 0.00671. The molecule has 3 aliphatic heterocycles. The van der Waals surface area contributed by atoms with Crippen LogP contribution in [0.5, 0.6) is 0 Å². The molecule has 12 nitrogen and oxygen atoms in total. The van der Waals surface area contributed by atoms with Crippen molar-refractivity contribution < 1.29 is 45.5 Å². The van der Waals surface area contributed by atoms with Crippen molar-refractivity contribution in [2.24, 2.45) is 5.92 Å². The van der Waals surface area contributed by atoms with Gasteiger partial charge in [0.2, 0.25) is 21.8 Å². The largest absolute Gasteiger partial charge is 0.444 e. The lowest BCUT2D eigenvalue weighted by Crippen LogP contribution is -2.60. The molecule has 4 amide bonds. The van der Waals surface area contributed by atoms with Crippen LogP contribution in [0.2, 0.25) is 0 Å². The van der Waals surface area contributed by atoms with Gasteiger partial charge < -0.3 is 15.0 Å². The molecule has 1 aromatic carbocycles. The second-order valence-electron chi connectivity index (χ2n) is 13.5. The summed E-state index contributed by atoms with van der Waals surface area (Å²) in [6.45, 7) is 3.55. The molecular formula is C33H40F3N5O7S. The van der Waals surface area contributed by atoms with Crippen LogP contribution in [-0.4, -0.2) is 90.3 Å². The molecule has 0 radical (unpaired) electrons. The number of benzene rings is 1. The minimum atomic E-state index is -5.00. The summed E-state index contributed by atoms with van der Waals surface area (Å²) in [6.07, 6.45) is 1.31. The number of rotatable bonds is 6. The van der Waals surface area contributed by atoms with E-state index in [1.807, 2.05) is 35.1 Å². The first-order chi connectivity index (χ1) is 23.2. The van der Waals surface area contributed by atoms with Gasteiger partial charge in [-0.05, 0) is 61.8 Å². The molecule has 6 rings (SSSR count). The van der Waals surface area contributed by atoms with Crippen LogP contribution in [0.3, 0.4) is 0 Å². The Morgan fingerprint density at radius 3 is 2.59 bits per heavy atom. The number of amides is 4. The topological polar surface area (TPSA) is 154 Å². The third-order valence-corrected chi connectivity index (χ3v) is 11.7. The lowest BCUT2D eigenvalue weighted by Gasteiger charge is -2.30. The average molecular weight is 708 g/mol. The van der Waals surface area contributed by atoms with Crippen LogP contribution >= 0.6 is 0 Å². The highest BCUT2D eigenvalue weighted by Crippen LogP contribution is 2.45. The quantitative estimate of drug-likeness (QED) is 0.382. The minimum Gasteiger partial charge on any atom is -0.444 e. The molecule has 0 spiro atoms. The van der Waals surface area contributed by atoms with E-state index < -0.39 is 81.5 Å². The number of fused-ring (bicyclic) bond motifs is 3. The van der Waals surface area contributed by atoms with E-state index in [9.17, 15) is 40.8 Å². The van der Waals surface area contributed by atoms with E-state index >= 15 is 0 Å². The molecule has 2 saturated carbocycles. The van der Waals surface area contributed by atoms with Gasteiger partial charge in [-0.2, -0.15) is 13.2 Å². The predicted molar refractivity (Wildman–Crippen MR) is 171 cm³/mol. The van der Waals surface area contributed by atoms with Crippen molar-refractivity contribution in [3.63, 3.8) is 0 Å². The molecule has 3 N–H and O–H groups in total. The fourth-order valence-electron chi connectivity index (χ4n) is 6.87. The number of allylic oxidation sites excluding steroid dienone is 1. The summed E-state index contributed by atoms with van der Waals surface area (Å²) < 4.78 is 75.8. The highest BCUT2D eigenvalue weighted by atomic mass is 32.2. The van der Waals surface area contributed by atoms with Crippen molar-refractivity contribution in [2.75, 3.05) is 13.1 Å². The molecule has 5 atom stereocenters. The third kappa shape index (κ3) is 7.35. The number of halogens is 3. The summed E-state index contributed by atoms with van der Waals surface area (Å²) in [7, 11) is -3.98. The van der Waals surface area contributed by atoms with E-state index in [0.717, 1.165) is 28.0 Å². The van der Waals surface area contributed by atoms with Gasteiger partial charge >= 0.3 is 12.3 Å². The Hall–Kier alpha value is -3.92. The zero-order chi connectivity index (χ0) is 35.1. The molecule has 4 bridgehead atoms. The maximum atomic E-state index is 14.3. The van der Waals surface area contributed by atoms with Crippen molar-refractivity contribution in [2.45, 2.75) is 99.6 Å². The fraction of sp³-hybridized carbons (Fsp3) is 0.576. The van der Waals surface area contributed by atoms with Crippen LogP contribution in [0.1, 0.15) is 68.1 Å². The number of hydrogen-bond acceptors (Lipinski definition) is 8. The lowest BCUT2D eigenvalue weighted by molar-refractivity contribution is -0.177. The van der Waals surface area contributed by atoms with Crippen molar-refractivity contribution in [1.82, 2.24) is 25.2 Å². The molecule has 266 valence electrons. The van der Waals surface area contributed by atoms with Gasteiger partial charge in [0.25, 0.3) is 5.91 Å². The Labute approximate surface area is 282 Å². The SMILES string of the molecule is C=C[C@@H]1C[C@]1(NC(=O)[C@@H]1C[C@@H]2CN1C(=O)C(C(F)(F)F)NCCCCC/C=C/c1cccc3c1CN(C3)C(=O)O2)C(=O)NS(=O)(=O)C1CC1. The first kappa shape index (κ1) is 34.9. The Kier molecular flexibility index (Phi) is 9.56. The Bertz CT molecular complexity index is 1660. The third-order valence-electron chi connectivity index (χ3n) is 9.91. The summed E-state index contributed by atoms with van der Waals surface area (Å²) in [4.78, 5) is 56.3. The molecule has 1 unspecified atom stereocenters. The van der Waals surface area contributed by atoms with Gasteiger partial charge in [0.15, 0.2) is 6.04 Å². The van der Waals surface area contributed by atoms with Crippen molar-refractivity contribution in [3.8, 4) is 0 Å². The Balaban J connectivity index is 1.25. The van der Waals surface area contributed by atoms with Crippen molar-refractivity contribution >= 4 is 39.9 Å². The molecule has 1 aromatic rings. The zero-order valence-corrected chi connectivity index (χ0v) is 27.7. The van der Waals surface area contributed by atoms with Crippen LogP contribution in [0, 0.1) is 5.92 Å². The van der Waals surface area contributed by atoms with Gasteiger partial charge in [-0.25, -0.2) is 13.2 Å². The molecule has 2 aliphatic carbocycles. The van der Waals surface area contributed by atoms with E-state index in [1.54, 1.807) is 0 Å². The number of carbonyl (C=O) groups excluding carboxylic acids is 4. The van der Waals surface area contributed by atoms with Crippen molar-refractivity contribution in [3.05, 3.63) is 53.6 Å². The summed E-state index contributed by atoms with van der Waals surface area (Å²) in [5, 5.41) is 4.13. The summed E-state index contributed by atoms with van der Waals surface area (Å²) >= 11 is 0. The first-order valence-corrected chi connectivity index (χ1v) is 18.1. The second-order valence-corrected chi connectivity index (χ2v) is 15.4. The zero-order valence-electron chi connectivity index (χ0n) is 26.8. The van der Waals surface area contributed by atoms with Gasteiger partial charge in [-0.1, -0.05) is 42.8 Å². The fourth-order valence-corrected chi connectivity index (χ4v) is 8.24. The van der Waals surface area contributed by atoms with E-state index in [4.69, 9.17) is 4.74 Å². The molecule has 1 saturated heterocycles. The van der Waals surface area contributed by atoms with Gasteiger partial charge in [0.1, 0.15) is 17.7 Å². The normalized spacial score (nSPS) is 30.0. The molecule has 3 fully saturated rings. The number of hydrogen-bond donors (Lipinski definition) is 3. The number of sulfonamides is 1. The maximum absolute atomic E-state index is 14.3. The molecule has 0 aromatic heterocycles. The van der Waals surface area contributed by atoms with Gasteiger partial charge in [0.05, 0.1) is 18.3 Å². The van der Waals surface area contributed by atoms with Crippen LogP contribution < -0.4 is 15.4 Å². The van der Waals surface area contributed by atoms with Crippen molar-refractivity contribution in [1.29, 1.82) is 0 Å². The van der Waals surface area contributed by atoms with Crippen LogP contribution in [0.25, 0.3) is 6.08 Å². The number of nitrogens with zero attached hydrogens (tertiary/aromatic N) is 2. The number of nitrogens with one attached hydrogen (secondary N) is 3. The van der Waals surface area contributed by atoms with Gasteiger partial charge in [-0.3, -0.25) is 29.3 Å². The Morgan fingerprint density at radius 2 is 1.90 bits per heavy atom. The molecule has 49 heavy (non-hydrogen) atoms. The molecule has 3 heterocycles. The van der Waals surface area contributed by atoms with Crippen LogP contribution in [0.15, 0.2) is 36.9 Å². The van der Waals surface area contributed by atoms with Gasteiger partial charge in [0, 0.05) is 18.9 Å². The first-order valence-electron chi connectivity index (χ1n) is 16.6.